The first-order valence-electron chi connectivity index (χ1n) is 8.85. The molecule has 154 valence electrons. The number of carbonyl (C=O) groups excluding carboxylic acids is 2. The van der Waals surface area contributed by atoms with Gasteiger partial charge in [-0.15, -0.1) is 0 Å². The van der Waals surface area contributed by atoms with Gasteiger partial charge in [-0.1, -0.05) is 60.7 Å². The molecule has 1 atom stereocenters. The van der Waals surface area contributed by atoms with Crippen molar-refractivity contribution < 1.29 is 22.6 Å². The van der Waals surface area contributed by atoms with E-state index in [2.05, 4.69) is 10.6 Å². The van der Waals surface area contributed by atoms with Crippen molar-refractivity contribution in [2.45, 2.75) is 12.5 Å². The Bertz CT molecular complexity index is 960. The summed E-state index contributed by atoms with van der Waals surface area (Å²) in [7, 11) is -4.22. The first-order valence-corrected chi connectivity index (χ1v) is 10.5. The van der Waals surface area contributed by atoms with E-state index in [1.165, 1.54) is 6.08 Å². The molecule has 2 aromatic carbocycles. The lowest BCUT2D eigenvalue weighted by Gasteiger charge is -2.15. The fraction of sp³-hybridized carbons (Fsp3) is 0.200. The Kier molecular flexibility index (Phi) is 8.08. The normalized spacial score (nSPS) is 12.8. The highest BCUT2D eigenvalue weighted by molar-refractivity contribution is 7.85. The van der Waals surface area contributed by atoms with Crippen LogP contribution in [0.5, 0.6) is 0 Å². The lowest BCUT2D eigenvalue weighted by molar-refractivity contribution is -0.124. The molecular weight excluding hydrogens is 394 g/mol. The van der Waals surface area contributed by atoms with Crippen LogP contribution in [0.25, 0.3) is 6.08 Å². The average molecular weight is 417 g/mol. The molecule has 5 N–H and O–H groups in total. The lowest BCUT2D eigenvalue weighted by atomic mass is 10.1. The van der Waals surface area contributed by atoms with Gasteiger partial charge in [0.05, 0.1) is 11.8 Å². The molecular formula is C20H23N3O5S. The van der Waals surface area contributed by atoms with Gasteiger partial charge in [0.2, 0.25) is 5.91 Å². The van der Waals surface area contributed by atoms with Crippen molar-refractivity contribution in [1.82, 2.24) is 10.6 Å². The second kappa shape index (κ2) is 10.5. The van der Waals surface area contributed by atoms with Gasteiger partial charge in [-0.2, -0.15) is 8.42 Å². The summed E-state index contributed by atoms with van der Waals surface area (Å²) in [5, 5.41) is 4.86. The van der Waals surface area contributed by atoms with Crippen LogP contribution in [-0.2, 0) is 26.1 Å². The van der Waals surface area contributed by atoms with E-state index >= 15 is 0 Å². The summed E-state index contributed by atoms with van der Waals surface area (Å²) < 4.78 is 30.4. The van der Waals surface area contributed by atoms with E-state index in [1.54, 1.807) is 30.3 Å². The van der Waals surface area contributed by atoms with Crippen LogP contribution in [0.1, 0.15) is 11.1 Å². The zero-order valence-corrected chi connectivity index (χ0v) is 16.4. The highest BCUT2D eigenvalue weighted by Gasteiger charge is 2.19. The third kappa shape index (κ3) is 8.26. The van der Waals surface area contributed by atoms with Gasteiger partial charge in [0, 0.05) is 6.54 Å². The van der Waals surface area contributed by atoms with Gasteiger partial charge in [0.1, 0.15) is 5.70 Å². The van der Waals surface area contributed by atoms with Crippen LogP contribution in [0, 0.1) is 0 Å². The van der Waals surface area contributed by atoms with E-state index in [0.717, 1.165) is 5.56 Å². The largest absolute Gasteiger partial charge is 0.350 e. The first-order chi connectivity index (χ1) is 13.7. The van der Waals surface area contributed by atoms with E-state index < -0.39 is 33.7 Å². The molecule has 2 aromatic rings. The number of benzene rings is 2. The van der Waals surface area contributed by atoms with Gasteiger partial charge < -0.3 is 16.4 Å². The number of hydrogen-bond donors (Lipinski definition) is 4. The van der Waals surface area contributed by atoms with E-state index in [4.69, 9.17) is 10.3 Å². The van der Waals surface area contributed by atoms with Gasteiger partial charge in [0.25, 0.3) is 16.0 Å². The predicted molar refractivity (Wildman–Crippen MR) is 110 cm³/mol. The number of nitrogens with two attached hydrogens (primary N) is 1. The molecule has 0 aliphatic carbocycles. The molecule has 0 radical (unpaired) electrons. The third-order valence-electron chi connectivity index (χ3n) is 3.89. The van der Waals surface area contributed by atoms with Gasteiger partial charge in [-0.3, -0.25) is 14.1 Å². The molecule has 0 spiro atoms. The molecule has 8 nitrogen and oxygen atoms in total. The van der Waals surface area contributed by atoms with Crippen molar-refractivity contribution in [3.05, 3.63) is 77.5 Å². The zero-order valence-electron chi connectivity index (χ0n) is 15.6. The summed E-state index contributed by atoms with van der Waals surface area (Å²) in [5.74, 6) is -1.89. The minimum Gasteiger partial charge on any atom is -0.350 e. The highest BCUT2D eigenvalue weighted by Crippen LogP contribution is 2.07. The van der Waals surface area contributed by atoms with Crippen LogP contribution in [0.2, 0.25) is 0 Å². The van der Waals surface area contributed by atoms with Gasteiger partial charge in [0.15, 0.2) is 0 Å². The maximum atomic E-state index is 12.5. The SMILES string of the molecule is NC(Cc1ccccc1)C(=O)NC(=Cc1ccccc1)C(=O)NCCS(=O)(=O)O. The van der Waals surface area contributed by atoms with E-state index in [1.807, 2.05) is 30.3 Å². The molecule has 0 aliphatic heterocycles. The van der Waals surface area contributed by atoms with E-state index in [0.29, 0.717) is 5.56 Å². The Morgan fingerprint density at radius 2 is 1.62 bits per heavy atom. The van der Waals surface area contributed by atoms with Crippen molar-refractivity contribution in [2.75, 3.05) is 12.3 Å². The number of nitrogens with one attached hydrogen (secondary N) is 2. The van der Waals surface area contributed by atoms with Crippen LogP contribution in [-0.4, -0.2) is 43.1 Å². The fourth-order valence-corrected chi connectivity index (χ4v) is 2.81. The molecule has 0 bridgehead atoms. The van der Waals surface area contributed by atoms with Crippen LogP contribution in [0.4, 0.5) is 0 Å². The second-order valence-electron chi connectivity index (χ2n) is 6.30. The van der Waals surface area contributed by atoms with Crippen LogP contribution >= 0.6 is 0 Å². The fourth-order valence-electron chi connectivity index (χ4n) is 2.45. The summed E-state index contributed by atoms with van der Waals surface area (Å²) in [5.41, 5.74) is 7.41. The van der Waals surface area contributed by atoms with Gasteiger partial charge in [-0.05, 0) is 23.6 Å². The Labute approximate surface area is 169 Å². The van der Waals surface area contributed by atoms with Crippen molar-refractivity contribution in [3.8, 4) is 0 Å². The molecule has 0 aromatic heterocycles. The molecule has 2 rings (SSSR count). The van der Waals surface area contributed by atoms with E-state index in [-0.39, 0.29) is 18.7 Å². The molecule has 2 amide bonds. The third-order valence-corrected chi connectivity index (χ3v) is 4.61. The monoisotopic (exact) mass is 417 g/mol. The number of amides is 2. The summed E-state index contributed by atoms with van der Waals surface area (Å²) in [6.45, 7) is -0.310. The Morgan fingerprint density at radius 3 is 2.21 bits per heavy atom. The van der Waals surface area contributed by atoms with Crippen LogP contribution < -0.4 is 16.4 Å². The molecule has 0 saturated heterocycles. The minimum atomic E-state index is -4.22. The minimum absolute atomic E-state index is 0.0833. The Balaban J connectivity index is 2.11. The molecule has 0 heterocycles. The molecule has 9 heteroatoms. The van der Waals surface area contributed by atoms with Crippen molar-refractivity contribution in [3.63, 3.8) is 0 Å². The number of carbonyl (C=O) groups is 2. The molecule has 0 saturated carbocycles. The Hall–Kier alpha value is -3.01. The van der Waals surface area contributed by atoms with Crippen molar-refractivity contribution in [2.24, 2.45) is 5.73 Å². The Morgan fingerprint density at radius 1 is 1.03 bits per heavy atom. The topological polar surface area (TPSA) is 139 Å². The molecule has 29 heavy (non-hydrogen) atoms. The summed E-state index contributed by atoms with van der Waals surface area (Å²) in [6.07, 6.45) is 1.74. The number of rotatable bonds is 9. The highest BCUT2D eigenvalue weighted by atomic mass is 32.2. The number of hydrogen-bond acceptors (Lipinski definition) is 5. The lowest BCUT2D eigenvalue weighted by Crippen LogP contribution is -2.45. The standard InChI is InChI=1S/C20H23N3O5S/c21-17(13-15-7-3-1-4-8-15)19(24)23-18(14-16-9-5-2-6-10-16)20(25)22-11-12-29(26,27)28/h1-10,14,17H,11-13,21H2,(H,22,25)(H,23,24)(H,26,27,28). The summed E-state index contributed by atoms with van der Waals surface area (Å²) >= 11 is 0. The van der Waals surface area contributed by atoms with Crippen molar-refractivity contribution >= 4 is 28.0 Å². The maximum Gasteiger partial charge on any atom is 0.267 e. The van der Waals surface area contributed by atoms with Crippen molar-refractivity contribution in [1.29, 1.82) is 0 Å². The molecule has 0 aliphatic rings. The van der Waals surface area contributed by atoms with Gasteiger partial charge >= 0.3 is 0 Å². The average Bonchev–Trinajstić information content (AvgIpc) is 2.68. The van der Waals surface area contributed by atoms with Gasteiger partial charge in [-0.25, -0.2) is 0 Å². The summed E-state index contributed by atoms with van der Waals surface area (Å²) in [6, 6.07) is 17.1. The maximum absolute atomic E-state index is 12.5. The second-order valence-corrected chi connectivity index (χ2v) is 7.87. The zero-order chi connectivity index (χ0) is 21.3. The molecule has 0 fully saturated rings. The first kappa shape index (κ1) is 22.3. The quantitative estimate of drug-likeness (QED) is 0.350. The summed E-state index contributed by atoms with van der Waals surface area (Å²) in [4.78, 5) is 24.9. The van der Waals surface area contributed by atoms with Crippen LogP contribution in [0.3, 0.4) is 0 Å². The predicted octanol–water partition coefficient (Wildman–Crippen LogP) is 0.718. The van der Waals surface area contributed by atoms with Crippen LogP contribution in [0.15, 0.2) is 66.4 Å². The molecule has 1 unspecified atom stereocenters. The smallest absolute Gasteiger partial charge is 0.267 e. The van der Waals surface area contributed by atoms with E-state index in [9.17, 15) is 18.0 Å².